The number of hydrogen-bond donors (Lipinski definition) is 4. The Morgan fingerprint density at radius 1 is 1.06 bits per heavy atom. The molecule has 0 fully saturated rings. The highest BCUT2D eigenvalue weighted by Crippen LogP contribution is 2.50. The van der Waals surface area contributed by atoms with Crippen molar-refractivity contribution in [3.05, 3.63) is 47.5 Å². The highest BCUT2D eigenvalue weighted by molar-refractivity contribution is 7.99. The van der Waals surface area contributed by atoms with Gasteiger partial charge in [0.15, 0.2) is 0 Å². The summed E-state index contributed by atoms with van der Waals surface area (Å²) in [5, 5.41) is 9.75. The quantitative estimate of drug-likeness (QED) is 0.327. The predicted molar refractivity (Wildman–Crippen MR) is 122 cm³/mol. The Bertz CT molecular complexity index is 972. The third kappa shape index (κ3) is 5.19. The van der Waals surface area contributed by atoms with E-state index in [-0.39, 0.29) is 0 Å². The molecule has 1 aliphatic heterocycles. The zero-order valence-electron chi connectivity index (χ0n) is 17.2. The molecular formula is C23H27F3N4S. The summed E-state index contributed by atoms with van der Waals surface area (Å²) in [7, 11) is 0. The van der Waals surface area contributed by atoms with E-state index < -0.39 is 11.7 Å². The zero-order chi connectivity index (χ0) is 21.8. The summed E-state index contributed by atoms with van der Waals surface area (Å²) in [6, 6.07) is 8.64. The molecule has 2 aromatic rings. The van der Waals surface area contributed by atoms with Crippen LogP contribution in [0.4, 0.5) is 30.2 Å². The lowest BCUT2D eigenvalue weighted by molar-refractivity contribution is -0.137. The number of fused-ring (bicyclic) bond motifs is 2. The first-order valence-electron chi connectivity index (χ1n) is 10.6. The topological polar surface area (TPSA) is 62.1 Å². The van der Waals surface area contributed by atoms with E-state index in [0.29, 0.717) is 29.4 Å². The van der Waals surface area contributed by atoms with Crippen LogP contribution in [-0.4, -0.2) is 26.2 Å². The molecule has 0 spiro atoms. The van der Waals surface area contributed by atoms with Crippen LogP contribution in [0.15, 0.2) is 46.2 Å². The Hall–Kier alpha value is -2.16. The van der Waals surface area contributed by atoms with Gasteiger partial charge < -0.3 is 21.7 Å². The van der Waals surface area contributed by atoms with Gasteiger partial charge in [-0.2, -0.15) is 13.2 Å². The van der Waals surface area contributed by atoms with Crippen molar-refractivity contribution in [1.29, 1.82) is 0 Å². The van der Waals surface area contributed by atoms with Crippen molar-refractivity contribution < 1.29 is 13.2 Å². The second-order valence-electron chi connectivity index (χ2n) is 7.77. The van der Waals surface area contributed by atoms with Gasteiger partial charge >= 0.3 is 6.18 Å². The Labute approximate surface area is 184 Å². The van der Waals surface area contributed by atoms with Crippen molar-refractivity contribution in [1.82, 2.24) is 5.32 Å². The maximum Gasteiger partial charge on any atom is 0.416 e. The van der Waals surface area contributed by atoms with Gasteiger partial charge in [0, 0.05) is 29.4 Å². The second-order valence-corrected chi connectivity index (χ2v) is 8.86. The van der Waals surface area contributed by atoms with Crippen molar-refractivity contribution in [2.45, 2.75) is 41.7 Å². The minimum Gasteiger partial charge on any atom is -0.383 e. The van der Waals surface area contributed by atoms with Gasteiger partial charge in [-0.3, -0.25) is 0 Å². The van der Waals surface area contributed by atoms with Crippen LogP contribution in [0.2, 0.25) is 0 Å². The smallest absolute Gasteiger partial charge is 0.383 e. The van der Waals surface area contributed by atoms with E-state index in [9.17, 15) is 13.2 Å². The molecule has 2 aromatic carbocycles. The fourth-order valence-corrected chi connectivity index (χ4v) is 4.99. The van der Waals surface area contributed by atoms with Crippen LogP contribution < -0.4 is 21.7 Å². The Kier molecular flexibility index (Phi) is 6.79. The van der Waals surface area contributed by atoms with E-state index in [1.54, 1.807) is 0 Å². The second kappa shape index (κ2) is 9.54. The van der Waals surface area contributed by atoms with E-state index in [4.69, 9.17) is 5.73 Å². The van der Waals surface area contributed by atoms with Gasteiger partial charge in [-0.25, -0.2) is 0 Å². The average Bonchev–Trinajstić information content (AvgIpc) is 3.28. The summed E-state index contributed by atoms with van der Waals surface area (Å²) in [6.45, 7) is 2.62. The molecule has 0 radical (unpaired) electrons. The van der Waals surface area contributed by atoms with Crippen LogP contribution in [0.25, 0.3) is 5.57 Å². The normalized spacial score (nSPS) is 15.2. The van der Waals surface area contributed by atoms with Gasteiger partial charge in [-0.05, 0) is 67.6 Å². The highest BCUT2D eigenvalue weighted by atomic mass is 32.2. The number of alkyl halides is 3. The van der Waals surface area contributed by atoms with Crippen LogP contribution in [0.5, 0.6) is 0 Å². The first kappa shape index (κ1) is 22.0. The summed E-state index contributed by atoms with van der Waals surface area (Å²) < 4.78 is 40.6. The summed E-state index contributed by atoms with van der Waals surface area (Å²) in [5.74, 6) is 0. The minimum absolute atomic E-state index is 0.476. The number of nitrogens with two attached hydrogens (primary N) is 1. The van der Waals surface area contributed by atoms with Crippen LogP contribution in [0, 0.1) is 0 Å². The summed E-state index contributed by atoms with van der Waals surface area (Å²) >= 11 is 1.39. The Morgan fingerprint density at radius 2 is 1.94 bits per heavy atom. The third-order valence-corrected chi connectivity index (χ3v) is 6.57. The molecule has 0 unspecified atom stereocenters. The number of nitrogens with one attached hydrogen (secondary N) is 3. The van der Waals surface area contributed by atoms with E-state index in [1.807, 2.05) is 6.07 Å². The molecule has 4 nitrogen and oxygen atoms in total. The van der Waals surface area contributed by atoms with Crippen molar-refractivity contribution in [2.75, 3.05) is 36.8 Å². The maximum absolute atomic E-state index is 13.5. The molecule has 1 heterocycles. The van der Waals surface area contributed by atoms with Gasteiger partial charge in [0.1, 0.15) is 0 Å². The van der Waals surface area contributed by atoms with Gasteiger partial charge in [0.2, 0.25) is 0 Å². The van der Waals surface area contributed by atoms with E-state index in [2.05, 4.69) is 34.2 Å². The SMILES string of the molecule is NCCNCCCNc1cc(C(F)(F)F)cc2c1Nc1ccc(C3=CCCC3)cc1S2. The van der Waals surface area contributed by atoms with Crippen LogP contribution in [0.1, 0.15) is 36.8 Å². The first-order chi connectivity index (χ1) is 15.0. The molecule has 166 valence electrons. The van der Waals surface area contributed by atoms with Crippen LogP contribution in [-0.2, 0) is 6.18 Å². The van der Waals surface area contributed by atoms with Gasteiger partial charge in [-0.15, -0.1) is 0 Å². The number of halogens is 3. The number of allylic oxidation sites excluding steroid dienone is 2. The fourth-order valence-electron chi connectivity index (χ4n) is 3.89. The molecule has 1 aliphatic carbocycles. The molecule has 0 saturated carbocycles. The van der Waals surface area contributed by atoms with Gasteiger partial charge in [-0.1, -0.05) is 23.9 Å². The average molecular weight is 449 g/mol. The number of rotatable bonds is 8. The molecule has 2 aliphatic rings. The standard InChI is InChI=1S/C23H27F3N4S/c24-23(25,26)17-13-19(29-10-3-9-28-11-8-27)22-21(14-17)31-20-12-16(6-7-18(20)30-22)15-4-1-2-5-15/h4,6-7,12-14,28-30H,1-3,5,8-11,27H2. The van der Waals surface area contributed by atoms with Crippen molar-refractivity contribution in [3.63, 3.8) is 0 Å². The fraction of sp³-hybridized carbons (Fsp3) is 0.391. The lowest BCUT2D eigenvalue weighted by atomic mass is 10.0. The van der Waals surface area contributed by atoms with Crippen molar-refractivity contribution in [3.8, 4) is 0 Å². The van der Waals surface area contributed by atoms with E-state index in [0.717, 1.165) is 54.9 Å². The molecule has 0 aromatic heterocycles. The van der Waals surface area contributed by atoms with Crippen molar-refractivity contribution >= 4 is 34.4 Å². The van der Waals surface area contributed by atoms with Gasteiger partial charge in [0.05, 0.1) is 22.6 Å². The lowest BCUT2D eigenvalue weighted by Crippen LogP contribution is -2.24. The van der Waals surface area contributed by atoms with Crippen LogP contribution >= 0.6 is 11.8 Å². The largest absolute Gasteiger partial charge is 0.416 e. The van der Waals surface area contributed by atoms with Gasteiger partial charge in [0.25, 0.3) is 0 Å². The van der Waals surface area contributed by atoms with Crippen molar-refractivity contribution in [2.24, 2.45) is 5.73 Å². The molecule has 0 saturated heterocycles. The van der Waals surface area contributed by atoms with Crippen LogP contribution in [0.3, 0.4) is 0 Å². The predicted octanol–water partition coefficient (Wildman–Crippen LogP) is 5.83. The molecule has 4 rings (SSSR count). The minimum atomic E-state index is -4.40. The van der Waals surface area contributed by atoms with E-state index >= 15 is 0 Å². The summed E-state index contributed by atoms with van der Waals surface area (Å²) in [5.41, 5.74) is 9.40. The highest BCUT2D eigenvalue weighted by Gasteiger charge is 2.33. The first-order valence-corrected chi connectivity index (χ1v) is 11.5. The lowest BCUT2D eigenvalue weighted by Gasteiger charge is -2.26. The zero-order valence-corrected chi connectivity index (χ0v) is 18.1. The maximum atomic E-state index is 13.5. The number of anilines is 3. The molecule has 8 heteroatoms. The molecule has 5 N–H and O–H groups in total. The molecule has 0 bridgehead atoms. The monoisotopic (exact) mass is 448 g/mol. The third-order valence-electron chi connectivity index (χ3n) is 5.47. The molecular weight excluding hydrogens is 421 g/mol. The molecule has 31 heavy (non-hydrogen) atoms. The summed E-state index contributed by atoms with van der Waals surface area (Å²) in [6.07, 6.45) is 1.94. The van der Waals surface area contributed by atoms with E-state index in [1.165, 1.54) is 29.5 Å². The summed E-state index contributed by atoms with van der Waals surface area (Å²) in [4.78, 5) is 1.54. The molecule has 0 atom stereocenters. The Morgan fingerprint density at radius 3 is 2.68 bits per heavy atom. The number of hydrogen-bond acceptors (Lipinski definition) is 5. The number of benzene rings is 2. The molecule has 0 amide bonds. The Balaban J connectivity index is 1.58.